The van der Waals surface area contributed by atoms with E-state index in [0.717, 1.165) is 17.5 Å². The van der Waals surface area contributed by atoms with Crippen LogP contribution in [0.4, 0.5) is 0 Å². The highest BCUT2D eigenvalue weighted by Gasteiger charge is 2.44. The Morgan fingerprint density at radius 2 is 1.88 bits per heavy atom. The summed E-state index contributed by atoms with van der Waals surface area (Å²) in [4.78, 5) is 14.9. The second kappa shape index (κ2) is 7.13. The van der Waals surface area contributed by atoms with Gasteiger partial charge in [-0.3, -0.25) is 15.1 Å². The SMILES string of the molecule is CC(C(c1ccncc1)[N+](=O)[O-])S(=O)(=O)N(C)C1CCc2ccccc21. The number of rotatable bonds is 6. The van der Waals surface area contributed by atoms with E-state index in [9.17, 15) is 18.5 Å². The zero-order valence-corrected chi connectivity index (χ0v) is 15.5. The summed E-state index contributed by atoms with van der Waals surface area (Å²) >= 11 is 0. The molecule has 0 fully saturated rings. The van der Waals surface area contributed by atoms with Crippen molar-refractivity contribution >= 4 is 10.0 Å². The molecule has 1 aliphatic rings. The summed E-state index contributed by atoms with van der Waals surface area (Å²) in [6.45, 7) is 1.40. The Balaban J connectivity index is 1.92. The molecule has 1 aromatic heterocycles. The highest BCUT2D eigenvalue weighted by molar-refractivity contribution is 7.89. The fraction of sp³-hybridized carbons (Fsp3) is 0.389. The van der Waals surface area contributed by atoms with Gasteiger partial charge in [0.05, 0.1) is 0 Å². The van der Waals surface area contributed by atoms with Gasteiger partial charge in [-0.1, -0.05) is 24.3 Å². The molecule has 0 aliphatic heterocycles. The van der Waals surface area contributed by atoms with Crippen LogP contribution in [0.5, 0.6) is 0 Å². The number of nitrogens with zero attached hydrogens (tertiary/aromatic N) is 3. The minimum Gasteiger partial charge on any atom is -0.265 e. The molecule has 2 aromatic rings. The number of aryl methyl sites for hydroxylation is 1. The van der Waals surface area contributed by atoms with Crippen molar-refractivity contribution in [1.29, 1.82) is 0 Å². The number of hydrogen-bond donors (Lipinski definition) is 0. The molecule has 26 heavy (non-hydrogen) atoms. The number of pyridine rings is 1. The van der Waals surface area contributed by atoms with Crippen molar-refractivity contribution in [2.24, 2.45) is 0 Å². The molecule has 1 heterocycles. The lowest BCUT2D eigenvalue weighted by atomic mass is 10.1. The molecule has 0 bridgehead atoms. The van der Waals surface area contributed by atoms with Crippen LogP contribution in [0.15, 0.2) is 48.8 Å². The van der Waals surface area contributed by atoms with Crippen molar-refractivity contribution in [3.05, 3.63) is 75.6 Å². The van der Waals surface area contributed by atoms with Crippen LogP contribution in [0.25, 0.3) is 0 Å². The minimum atomic E-state index is -3.89. The van der Waals surface area contributed by atoms with E-state index < -0.39 is 26.2 Å². The maximum absolute atomic E-state index is 13.2. The molecule has 3 rings (SSSR count). The second-order valence-electron chi connectivity index (χ2n) is 6.53. The van der Waals surface area contributed by atoms with Crippen LogP contribution in [-0.4, -0.2) is 34.9 Å². The maximum atomic E-state index is 13.2. The summed E-state index contributed by atoms with van der Waals surface area (Å²) in [5.74, 6) is 0. The van der Waals surface area contributed by atoms with Gasteiger partial charge in [-0.25, -0.2) is 8.42 Å². The minimum absolute atomic E-state index is 0.288. The average molecular weight is 375 g/mol. The Morgan fingerprint density at radius 1 is 1.23 bits per heavy atom. The second-order valence-corrected chi connectivity index (χ2v) is 8.88. The van der Waals surface area contributed by atoms with E-state index in [4.69, 9.17) is 0 Å². The molecule has 0 amide bonds. The highest BCUT2D eigenvalue weighted by Crippen LogP contribution is 2.38. The summed E-state index contributed by atoms with van der Waals surface area (Å²) < 4.78 is 27.6. The third-order valence-electron chi connectivity index (χ3n) is 5.13. The number of aromatic nitrogens is 1. The van der Waals surface area contributed by atoms with Gasteiger partial charge in [0.2, 0.25) is 10.0 Å². The molecule has 138 valence electrons. The van der Waals surface area contributed by atoms with Crippen molar-refractivity contribution in [3.8, 4) is 0 Å². The number of hydrogen-bond acceptors (Lipinski definition) is 5. The molecule has 3 atom stereocenters. The van der Waals surface area contributed by atoms with E-state index in [1.54, 1.807) is 0 Å². The fourth-order valence-corrected chi connectivity index (χ4v) is 5.32. The monoisotopic (exact) mass is 375 g/mol. The first-order valence-electron chi connectivity index (χ1n) is 8.42. The van der Waals surface area contributed by atoms with Crippen LogP contribution in [0.1, 0.15) is 42.1 Å². The molecule has 0 N–H and O–H groups in total. The van der Waals surface area contributed by atoms with Crippen LogP contribution in [0, 0.1) is 10.1 Å². The van der Waals surface area contributed by atoms with Crippen LogP contribution in [0.2, 0.25) is 0 Å². The molecule has 7 nitrogen and oxygen atoms in total. The van der Waals surface area contributed by atoms with Gasteiger partial charge in [0, 0.05) is 36.0 Å². The normalized spacial score (nSPS) is 19.1. The van der Waals surface area contributed by atoms with Crippen molar-refractivity contribution in [2.45, 2.75) is 37.1 Å². The number of fused-ring (bicyclic) bond motifs is 1. The molecular formula is C18H21N3O4S. The van der Waals surface area contributed by atoms with E-state index >= 15 is 0 Å². The highest BCUT2D eigenvalue weighted by atomic mass is 32.2. The Labute approximate surface area is 152 Å². The first kappa shape index (κ1) is 18.5. The lowest BCUT2D eigenvalue weighted by Gasteiger charge is -2.29. The van der Waals surface area contributed by atoms with Gasteiger partial charge < -0.3 is 0 Å². The van der Waals surface area contributed by atoms with Crippen molar-refractivity contribution in [3.63, 3.8) is 0 Å². The van der Waals surface area contributed by atoms with Gasteiger partial charge in [-0.2, -0.15) is 4.31 Å². The molecule has 1 aliphatic carbocycles. The Morgan fingerprint density at radius 3 is 2.54 bits per heavy atom. The van der Waals surface area contributed by atoms with Crippen molar-refractivity contribution in [2.75, 3.05) is 7.05 Å². The van der Waals surface area contributed by atoms with Crippen LogP contribution < -0.4 is 0 Å². The standard InChI is InChI=1S/C18H21N3O4S/c1-13(18(21(22)23)15-9-11-19-12-10-15)26(24,25)20(2)17-8-7-14-5-3-4-6-16(14)17/h3-6,9-13,17-18H,7-8H2,1-2H3. The van der Waals surface area contributed by atoms with E-state index in [2.05, 4.69) is 4.98 Å². The first-order chi connectivity index (χ1) is 12.3. The molecule has 0 saturated heterocycles. The van der Waals surface area contributed by atoms with Crippen LogP contribution >= 0.6 is 0 Å². The van der Waals surface area contributed by atoms with Crippen molar-refractivity contribution < 1.29 is 13.3 Å². The lowest BCUT2D eigenvalue weighted by Crippen LogP contribution is -2.41. The summed E-state index contributed by atoms with van der Waals surface area (Å²) in [6, 6.07) is 9.09. The average Bonchev–Trinajstić information content (AvgIpc) is 3.05. The molecular weight excluding hydrogens is 354 g/mol. The number of benzene rings is 1. The molecule has 8 heteroatoms. The number of sulfonamides is 1. The zero-order chi connectivity index (χ0) is 18.9. The van der Waals surface area contributed by atoms with Gasteiger partial charge in [0.15, 0.2) is 0 Å². The first-order valence-corrected chi connectivity index (χ1v) is 9.92. The maximum Gasteiger partial charge on any atom is 0.255 e. The smallest absolute Gasteiger partial charge is 0.255 e. The van der Waals surface area contributed by atoms with Gasteiger partial charge in [-0.15, -0.1) is 0 Å². The summed E-state index contributed by atoms with van der Waals surface area (Å²) in [6.07, 6.45) is 4.35. The third kappa shape index (κ3) is 3.22. The summed E-state index contributed by atoms with van der Waals surface area (Å²) in [7, 11) is -2.37. The van der Waals surface area contributed by atoms with Crippen LogP contribution in [-0.2, 0) is 16.4 Å². The Bertz CT molecular complexity index is 902. The number of nitro groups is 1. The third-order valence-corrected chi connectivity index (χ3v) is 7.39. The predicted molar refractivity (Wildman–Crippen MR) is 97.6 cm³/mol. The molecule has 0 saturated carbocycles. The summed E-state index contributed by atoms with van der Waals surface area (Å²) in [5, 5.41) is 10.4. The summed E-state index contributed by atoms with van der Waals surface area (Å²) in [5.41, 5.74) is 2.45. The van der Waals surface area contributed by atoms with E-state index in [0.29, 0.717) is 12.0 Å². The quantitative estimate of drug-likeness (QED) is 0.572. The van der Waals surface area contributed by atoms with Crippen LogP contribution in [0.3, 0.4) is 0 Å². The Kier molecular flexibility index (Phi) is 5.06. The van der Waals surface area contributed by atoms with Gasteiger partial charge in [-0.05, 0) is 43.0 Å². The van der Waals surface area contributed by atoms with E-state index in [1.807, 2.05) is 24.3 Å². The van der Waals surface area contributed by atoms with Gasteiger partial charge in [0.25, 0.3) is 6.04 Å². The van der Waals surface area contributed by atoms with E-state index in [1.165, 1.54) is 42.8 Å². The largest absolute Gasteiger partial charge is 0.265 e. The molecule has 0 spiro atoms. The van der Waals surface area contributed by atoms with Gasteiger partial charge in [0.1, 0.15) is 5.25 Å². The fourth-order valence-electron chi connectivity index (χ4n) is 3.64. The Hall–Kier alpha value is -2.32. The molecule has 1 aromatic carbocycles. The predicted octanol–water partition coefficient (Wildman–Crippen LogP) is 2.74. The molecule has 0 radical (unpaired) electrons. The van der Waals surface area contributed by atoms with E-state index in [-0.39, 0.29) is 6.04 Å². The molecule has 3 unspecified atom stereocenters. The zero-order valence-electron chi connectivity index (χ0n) is 14.6. The van der Waals surface area contributed by atoms with Crippen molar-refractivity contribution in [1.82, 2.24) is 9.29 Å². The topological polar surface area (TPSA) is 93.4 Å². The van der Waals surface area contributed by atoms with Gasteiger partial charge >= 0.3 is 0 Å². The lowest BCUT2D eigenvalue weighted by molar-refractivity contribution is -0.528.